The Morgan fingerprint density at radius 2 is 1.69 bits per heavy atom. The third-order valence-corrected chi connectivity index (χ3v) is 2.76. The molecule has 0 spiro atoms. The Morgan fingerprint density at radius 3 is 2.31 bits per heavy atom. The molecule has 16 heavy (non-hydrogen) atoms. The van der Waals surface area contributed by atoms with Gasteiger partial charge in [0.15, 0.2) is 0 Å². The molecule has 2 aromatic rings. The molecule has 1 aromatic heterocycles. The molecule has 5 heteroatoms. The summed E-state index contributed by atoms with van der Waals surface area (Å²) < 4.78 is 0.965. The maximum Gasteiger partial charge on any atom is 0.271 e. The number of aromatic nitrogens is 1. The zero-order valence-corrected chi connectivity index (χ0v) is 9.91. The van der Waals surface area contributed by atoms with Gasteiger partial charge >= 0.3 is 0 Å². The molecule has 0 bridgehead atoms. The number of H-pyrrole nitrogens is 1. The lowest BCUT2D eigenvalue weighted by Crippen LogP contribution is -2.13. The Morgan fingerprint density at radius 1 is 1.06 bits per heavy atom. The molecule has 1 heterocycles. The number of rotatable bonds is 1. The molecule has 0 saturated heterocycles. The number of hydrogen-bond acceptors (Lipinski definition) is 3. The lowest BCUT2D eigenvalue weighted by Gasteiger charge is -2.06. The van der Waals surface area contributed by atoms with Crippen LogP contribution >= 0.6 is 15.9 Å². The van der Waals surface area contributed by atoms with Crippen molar-refractivity contribution < 1.29 is 0 Å². The number of halogens is 1. The lowest BCUT2D eigenvalue weighted by molar-refractivity contribution is 1.25. The standard InChI is InChI=1S/C11H10BrN3O/c12-7-3-1-6(2-4-7)10-8(13)5-9(14)11(16)15-10/h1-5H,13-14H2,(H,15,16). The summed E-state index contributed by atoms with van der Waals surface area (Å²) in [6.07, 6.45) is 0. The summed E-state index contributed by atoms with van der Waals surface area (Å²) in [4.78, 5) is 14.0. The van der Waals surface area contributed by atoms with Crippen LogP contribution in [-0.2, 0) is 0 Å². The van der Waals surface area contributed by atoms with E-state index in [1.165, 1.54) is 6.07 Å². The van der Waals surface area contributed by atoms with Gasteiger partial charge in [0.2, 0.25) is 0 Å². The third kappa shape index (κ3) is 1.94. The number of nitrogens with one attached hydrogen (secondary N) is 1. The van der Waals surface area contributed by atoms with Crippen LogP contribution in [0, 0.1) is 0 Å². The van der Waals surface area contributed by atoms with E-state index in [1.54, 1.807) is 0 Å². The molecule has 4 nitrogen and oxygen atoms in total. The number of aromatic amines is 1. The van der Waals surface area contributed by atoms with Gasteiger partial charge in [-0.3, -0.25) is 4.79 Å². The second-order valence-electron chi connectivity index (χ2n) is 3.39. The van der Waals surface area contributed by atoms with E-state index in [1.807, 2.05) is 24.3 Å². The molecular weight excluding hydrogens is 270 g/mol. The Kier molecular flexibility index (Phi) is 2.70. The fourth-order valence-corrected chi connectivity index (χ4v) is 1.68. The molecular formula is C11H10BrN3O. The second-order valence-corrected chi connectivity index (χ2v) is 4.31. The predicted octanol–water partition coefficient (Wildman–Crippen LogP) is 1.97. The van der Waals surface area contributed by atoms with Gasteiger partial charge in [-0.15, -0.1) is 0 Å². The van der Waals surface area contributed by atoms with Crippen molar-refractivity contribution in [3.63, 3.8) is 0 Å². The summed E-state index contributed by atoms with van der Waals surface area (Å²) in [5.74, 6) is 0. The number of hydrogen-bond donors (Lipinski definition) is 3. The summed E-state index contributed by atoms with van der Waals surface area (Å²) >= 11 is 3.34. The van der Waals surface area contributed by atoms with Crippen LogP contribution in [0.1, 0.15) is 0 Å². The quantitative estimate of drug-likeness (QED) is 0.746. The molecule has 0 amide bonds. The smallest absolute Gasteiger partial charge is 0.271 e. The highest BCUT2D eigenvalue weighted by Gasteiger charge is 2.05. The molecule has 0 radical (unpaired) electrons. The van der Waals surface area contributed by atoms with Crippen molar-refractivity contribution in [3.05, 3.63) is 45.2 Å². The molecule has 2 rings (SSSR count). The molecule has 5 N–H and O–H groups in total. The maximum absolute atomic E-state index is 11.4. The van der Waals surface area contributed by atoms with Gasteiger partial charge < -0.3 is 16.5 Å². The zero-order chi connectivity index (χ0) is 11.7. The average molecular weight is 280 g/mol. The normalized spacial score (nSPS) is 10.3. The van der Waals surface area contributed by atoms with Crippen molar-refractivity contribution in [1.29, 1.82) is 0 Å². The van der Waals surface area contributed by atoms with Gasteiger partial charge in [0.1, 0.15) is 0 Å². The Hall–Kier alpha value is -1.75. The first-order chi connectivity index (χ1) is 7.58. The van der Waals surface area contributed by atoms with Gasteiger partial charge in [-0.05, 0) is 18.2 Å². The fourth-order valence-electron chi connectivity index (χ4n) is 1.42. The number of nitrogens with two attached hydrogens (primary N) is 2. The first-order valence-electron chi connectivity index (χ1n) is 4.62. The number of benzene rings is 1. The summed E-state index contributed by atoms with van der Waals surface area (Å²) in [5, 5.41) is 0. The van der Waals surface area contributed by atoms with E-state index in [0.29, 0.717) is 11.4 Å². The minimum atomic E-state index is -0.327. The summed E-state index contributed by atoms with van der Waals surface area (Å²) in [6.45, 7) is 0. The Labute approximate surface area is 100 Å². The van der Waals surface area contributed by atoms with E-state index >= 15 is 0 Å². The first kappa shape index (κ1) is 10.8. The van der Waals surface area contributed by atoms with Crippen LogP contribution in [0.15, 0.2) is 39.6 Å². The second kappa shape index (κ2) is 4.02. The van der Waals surface area contributed by atoms with Gasteiger partial charge in [-0.25, -0.2) is 0 Å². The van der Waals surface area contributed by atoms with Gasteiger partial charge in [-0.1, -0.05) is 28.1 Å². The highest BCUT2D eigenvalue weighted by atomic mass is 79.9. The number of nitrogen functional groups attached to an aromatic ring is 2. The first-order valence-corrected chi connectivity index (χ1v) is 5.41. The van der Waals surface area contributed by atoms with Crippen LogP contribution in [-0.4, -0.2) is 4.98 Å². The summed E-state index contributed by atoms with van der Waals surface area (Å²) in [7, 11) is 0. The van der Waals surface area contributed by atoms with E-state index in [2.05, 4.69) is 20.9 Å². The largest absolute Gasteiger partial charge is 0.397 e. The van der Waals surface area contributed by atoms with Crippen LogP contribution in [0.2, 0.25) is 0 Å². The Balaban J connectivity index is 2.60. The van der Waals surface area contributed by atoms with Crippen molar-refractivity contribution in [2.75, 3.05) is 11.5 Å². The molecule has 1 aromatic carbocycles. The highest BCUT2D eigenvalue weighted by Crippen LogP contribution is 2.24. The van der Waals surface area contributed by atoms with Crippen LogP contribution < -0.4 is 17.0 Å². The fraction of sp³-hybridized carbons (Fsp3) is 0. The van der Waals surface area contributed by atoms with Crippen LogP contribution in [0.3, 0.4) is 0 Å². The van der Waals surface area contributed by atoms with E-state index in [-0.39, 0.29) is 11.2 Å². The molecule has 0 atom stereocenters. The lowest BCUT2D eigenvalue weighted by atomic mass is 10.1. The molecule has 82 valence electrons. The average Bonchev–Trinajstić information content (AvgIpc) is 2.25. The van der Waals surface area contributed by atoms with Gasteiger partial charge in [0.25, 0.3) is 5.56 Å². The maximum atomic E-state index is 11.4. The minimum absolute atomic E-state index is 0.123. The topological polar surface area (TPSA) is 84.9 Å². The molecule has 0 aliphatic heterocycles. The Bertz CT molecular complexity index is 575. The van der Waals surface area contributed by atoms with Crippen LogP contribution in [0.5, 0.6) is 0 Å². The van der Waals surface area contributed by atoms with Crippen molar-refractivity contribution in [2.45, 2.75) is 0 Å². The van der Waals surface area contributed by atoms with Gasteiger partial charge in [0.05, 0.1) is 17.1 Å². The minimum Gasteiger partial charge on any atom is -0.397 e. The van der Waals surface area contributed by atoms with Crippen molar-refractivity contribution in [3.8, 4) is 11.3 Å². The summed E-state index contributed by atoms with van der Waals surface area (Å²) in [6, 6.07) is 8.95. The highest BCUT2D eigenvalue weighted by molar-refractivity contribution is 9.10. The molecule has 0 unspecified atom stereocenters. The van der Waals surface area contributed by atoms with Gasteiger partial charge in [0, 0.05) is 10.0 Å². The van der Waals surface area contributed by atoms with Crippen LogP contribution in [0.4, 0.5) is 11.4 Å². The van der Waals surface area contributed by atoms with Crippen molar-refractivity contribution in [1.82, 2.24) is 4.98 Å². The monoisotopic (exact) mass is 279 g/mol. The van der Waals surface area contributed by atoms with Crippen LogP contribution in [0.25, 0.3) is 11.3 Å². The van der Waals surface area contributed by atoms with E-state index in [4.69, 9.17) is 11.5 Å². The van der Waals surface area contributed by atoms with Gasteiger partial charge in [-0.2, -0.15) is 0 Å². The van der Waals surface area contributed by atoms with Crippen molar-refractivity contribution in [2.24, 2.45) is 0 Å². The molecule has 0 aliphatic rings. The van der Waals surface area contributed by atoms with E-state index in [9.17, 15) is 4.79 Å². The third-order valence-electron chi connectivity index (χ3n) is 2.23. The SMILES string of the molecule is Nc1cc(N)c(=O)[nH]c1-c1ccc(Br)cc1. The number of pyridine rings is 1. The zero-order valence-electron chi connectivity index (χ0n) is 8.33. The van der Waals surface area contributed by atoms with E-state index < -0.39 is 0 Å². The summed E-state index contributed by atoms with van der Waals surface area (Å²) in [5.41, 5.74) is 12.9. The van der Waals surface area contributed by atoms with Crippen molar-refractivity contribution >= 4 is 27.3 Å². The predicted molar refractivity (Wildman–Crippen MR) is 69.0 cm³/mol. The molecule has 0 aliphatic carbocycles. The molecule has 0 saturated carbocycles. The van der Waals surface area contributed by atoms with E-state index in [0.717, 1.165) is 10.0 Å². The molecule has 0 fully saturated rings. The number of anilines is 2.